The van der Waals surface area contributed by atoms with Crippen LogP contribution in [0.1, 0.15) is 47.9 Å². The Hall–Kier alpha value is -3.09. The molecule has 0 bridgehead atoms. The van der Waals surface area contributed by atoms with Crippen molar-refractivity contribution in [2.75, 3.05) is 7.05 Å². The Morgan fingerprint density at radius 1 is 1.23 bits per heavy atom. The van der Waals surface area contributed by atoms with Gasteiger partial charge in [0.05, 0.1) is 12.2 Å². The molecule has 0 N–H and O–H groups in total. The molecule has 1 aliphatic rings. The van der Waals surface area contributed by atoms with E-state index in [9.17, 15) is 9.59 Å². The average molecular weight is 410 g/mol. The van der Waals surface area contributed by atoms with Gasteiger partial charge in [0.1, 0.15) is 17.1 Å². The maximum Gasteiger partial charge on any atom is 0.339 e. The maximum atomic E-state index is 12.8. The molecule has 2 heterocycles. The number of ether oxygens (including phenoxy) is 1. The van der Waals surface area contributed by atoms with Crippen LogP contribution in [0.2, 0.25) is 0 Å². The van der Waals surface area contributed by atoms with Gasteiger partial charge in [-0.1, -0.05) is 5.16 Å². The Kier molecular flexibility index (Phi) is 5.37. The number of benzene rings is 1. The summed E-state index contributed by atoms with van der Waals surface area (Å²) in [6, 6.07) is 5.45. The van der Waals surface area contributed by atoms with E-state index < -0.39 is 6.10 Å². The number of carbonyl (C=O) groups is 1. The summed E-state index contributed by atoms with van der Waals surface area (Å²) in [7, 11) is 1.72. The molecule has 4 rings (SSSR count). The van der Waals surface area contributed by atoms with Crippen molar-refractivity contribution in [3.8, 4) is 5.75 Å². The number of aryl methyl sites for hydroxylation is 3. The van der Waals surface area contributed by atoms with Crippen molar-refractivity contribution in [3.63, 3.8) is 0 Å². The van der Waals surface area contributed by atoms with E-state index in [-0.39, 0.29) is 11.5 Å². The highest BCUT2D eigenvalue weighted by molar-refractivity contribution is 5.83. The van der Waals surface area contributed by atoms with Gasteiger partial charge in [-0.05, 0) is 64.2 Å². The average Bonchev–Trinajstić information content (AvgIpc) is 3.05. The minimum Gasteiger partial charge on any atom is -0.481 e. The molecule has 7 heteroatoms. The van der Waals surface area contributed by atoms with Crippen molar-refractivity contribution < 1.29 is 18.5 Å². The minimum absolute atomic E-state index is 0.165. The van der Waals surface area contributed by atoms with Crippen molar-refractivity contribution in [1.29, 1.82) is 0 Å². The molecule has 1 unspecified atom stereocenters. The first kappa shape index (κ1) is 20.2. The first-order valence-electron chi connectivity index (χ1n) is 10.3. The van der Waals surface area contributed by atoms with Crippen molar-refractivity contribution in [2.24, 2.45) is 0 Å². The molecule has 30 heavy (non-hydrogen) atoms. The molecule has 1 aliphatic carbocycles. The number of fused-ring (bicyclic) bond motifs is 3. The van der Waals surface area contributed by atoms with Gasteiger partial charge in [0.25, 0.3) is 5.91 Å². The van der Waals surface area contributed by atoms with E-state index in [0.717, 1.165) is 53.5 Å². The van der Waals surface area contributed by atoms with Gasteiger partial charge < -0.3 is 18.6 Å². The highest BCUT2D eigenvalue weighted by Crippen LogP contribution is 2.29. The number of rotatable bonds is 5. The standard InChI is InChI=1S/C23H26N2O5/c1-13-20(14(2)30-24-13)12-25(4)22(26)15(3)28-16-9-10-18-17-7-5-6-8-19(17)23(27)29-21(18)11-16/h9-11,15H,5-8,12H2,1-4H3. The molecule has 0 saturated heterocycles. The molecule has 1 aromatic carbocycles. The zero-order valence-corrected chi connectivity index (χ0v) is 17.8. The second-order valence-corrected chi connectivity index (χ2v) is 7.97. The van der Waals surface area contributed by atoms with Gasteiger partial charge in [-0.15, -0.1) is 0 Å². The van der Waals surface area contributed by atoms with Crippen molar-refractivity contribution in [3.05, 3.63) is 56.8 Å². The van der Waals surface area contributed by atoms with E-state index in [2.05, 4.69) is 5.16 Å². The van der Waals surface area contributed by atoms with Crippen LogP contribution >= 0.6 is 0 Å². The Labute approximate surface area is 174 Å². The molecule has 2 aromatic heterocycles. The molecule has 0 saturated carbocycles. The monoisotopic (exact) mass is 410 g/mol. The summed E-state index contributed by atoms with van der Waals surface area (Å²) in [6.45, 7) is 5.78. The highest BCUT2D eigenvalue weighted by atomic mass is 16.5. The SMILES string of the molecule is Cc1noc(C)c1CN(C)C(=O)C(C)Oc1ccc2c3c(c(=O)oc2c1)CCCC3. The van der Waals surface area contributed by atoms with Gasteiger partial charge in [0.15, 0.2) is 6.10 Å². The number of hydrogen-bond acceptors (Lipinski definition) is 6. The normalized spacial score (nSPS) is 14.4. The van der Waals surface area contributed by atoms with Crippen LogP contribution in [0.25, 0.3) is 11.0 Å². The predicted molar refractivity (Wildman–Crippen MR) is 112 cm³/mol. The smallest absolute Gasteiger partial charge is 0.339 e. The van der Waals surface area contributed by atoms with E-state index in [4.69, 9.17) is 13.7 Å². The number of nitrogens with zero attached hydrogens (tertiary/aromatic N) is 2. The summed E-state index contributed by atoms with van der Waals surface area (Å²) in [4.78, 5) is 26.7. The van der Waals surface area contributed by atoms with Gasteiger partial charge in [0.2, 0.25) is 0 Å². The Bertz CT molecular complexity index is 1140. The van der Waals surface area contributed by atoms with E-state index in [0.29, 0.717) is 23.6 Å². The van der Waals surface area contributed by atoms with Crippen LogP contribution in [-0.2, 0) is 24.2 Å². The third-order valence-corrected chi connectivity index (χ3v) is 5.81. The van der Waals surface area contributed by atoms with Crippen LogP contribution in [0.4, 0.5) is 0 Å². The number of carbonyl (C=O) groups excluding carboxylic acids is 1. The molecule has 158 valence electrons. The highest BCUT2D eigenvalue weighted by Gasteiger charge is 2.23. The van der Waals surface area contributed by atoms with Crippen molar-refractivity contribution in [2.45, 2.75) is 59.1 Å². The van der Waals surface area contributed by atoms with Gasteiger partial charge in [-0.3, -0.25) is 4.79 Å². The lowest BCUT2D eigenvalue weighted by atomic mass is 9.91. The van der Waals surface area contributed by atoms with E-state index in [1.807, 2.05) is 26.0 Å². The zero-order chi connectivity index (χ0) is 21.4. The lowest BCUT2D eigenvalue weighted by Gasteiger charge is -2.22. The molecular formula is C23H26N2O5. The lowest BCUT2D eigenvalue weighted by molar-refractivity contribution is -0.137. The van der Waals surface area contributed by atoms with E-state index in [1.54, 1.807) is 24.9 Å². The van der Waals surface area contributed by atoms with Gasteiger partial charge in [-0.25, -0.2) is 4.79 Å². The second-order valence-electron chi connectivity index (χ2n) is 7.97. The summed E-state index contributed by atoms with van der Waals surface area (Å²) in [5, 5.41) is 4.88. The summed E-state index contributed by atoms with van der Waals surface area (Å²) in [6.07, 6.45) is 3.06. The molecule has 0 radical (unpaired) electrons. The van der Waals surface area contributed by atoms with Crippen molar-refractivity contribution in [1.82, 2.24) is 10.1 Å². The van der Waals surface area contributed by atoms with Crippen LogP contribution in [0.3, 0.4) is 0 Å². The lowest BCUT2D eigenvalue weighted by Crippen LogP contribution is -2.37. The Morgan fingerprint density at radius 2 is 1.97 bits per heavy atom. The topological polar surface area (TPSA) is 85.8 Å². The van der Waals surface area contributed by atoms with Gasteiger partial charge in [0, 0.05) is 29.6 Å². The molecule has 1 atom stereocenters. The second kappa shape index (κ2) is 7.97. The first-order valence-corrected chi connectivity index (χ1v) is 10.3. The molecule has 0 aliphatic heterocycles. The summed E-state index contributed by atoms with van der Waals surface area (Å²) in [5.41, 5.74) is 3.79. The van der Waals surface area contributed by atoms with Crippen molar-refractivity contribution >= 4 is 16.9 Å². The van der Waals surface area contributed by atoms with Crippen LogP contribution in [-0.4, -0.2) is 29.1 Å². The van der Waals surface area contributed by atoms with Crippen LogP contribution < -0.4 is 10.4 Å². The van der Waals surface area contributed by atoms with Crippen LogP contribution in [0, 0.1) is 13.8 Å². The molecule has 1 amide bonds. The van der Waals surface area contributed by atoms with E-state index >= 15 is 0 Å². The molecule has 0 fully saturated rings. The molecule has 3 aromatic rings. The van der Waals surface area contributed by atoms with Gasteiger partial charge >= 0.3 is 5.63 Å². The fraction of sp³-hybridized carbons (Fsp3) is 0.435. The summed E-state index contributed by atoms with van der Waals surface area (Å²) in [5.74, 6) is 1.03. The first-order chi connectivity index (χ1) is 14.3. The summed E-state index contributed by atoms with van der Waals surface area (Å²) >= 11 is 0. The minimum atomic E-state index is -0.697. The van der Waals surface area contributed by atoms with E-state index in [1.165, 1.54) is 0 Å². The number of likely N-dealkylation sites (N-methyl/N-ethyl adjacent to an activating group) is 1. The Morgan fingerprint density at radius 3 is 2.67 bits per heavy atom. The fourth-order valence-corrected chi connectivity index (χ4v) is 4.11. The fourth-order valence-electron chi connectivity index (χ4n) is 4.11. The third-order valence-electron chi connectivity index (χ3n) is 5.81. The zero-order valence-electron chi connectivity index (χ0n) is 17.8. The Balaban J connectivity index is 1.52. The quantitative estimate of drug-likeness (QED) is 0.596. The molecular weight excluding hydrogens is 384 g/mol. The maximum absolute atomic E-state index is 12.8. The molecule has 7 nitrogen and oxygen atoms in total. The number of hydrogen-bond donors (Lipinski definition) is 0. The van der Waals surface area contributed by atoms with Gasteiger partial charge in [-0.2, -0.15) is 0 Å². The molecule has 0 spiro atoms. The summed E-state index contributed by atoms with van der Waals surface area (Å²) < 4.78 is 16.6. The number of amides is 1. The van der Waals surface area contributed by atoms with Crippen LogP contribution in [0.5, 0.6) is 5.75 Å². The predicted octanol–water partition coefficient (Wildman–Crippen LogP) is 3.70. The largest absolute Gasteiger partial charge is 0.481 e. The van der Waals surface area contributed by atoms with Crippen LogP contribution in [0.15, 0.2) is 31.9 Å². The third kappa shape index (κ3) is 3.72. The number of aromatic nitrogens is 1.